The number of hydrogen-bond donors (Lipinski definition) is 0. The van der Waals surface area contributed by atoms with Crippen molar-refractivity contribution in [3.63, 3.8) is 0 Å². The third kappa shape index (κ3) is 3.02. The summed E-state index contributed by atoms with van der Waals surface area (Å²) in [6, 6.07) is 15.5. The lowest BCUT2D eigenvalue weighted by Crippen LogP contribution is -2.21. The summed E-state index contributed by atoms with van der Waals surface area (Å²) in [4.78, 5) is 7.13. The molecule has 0 bridgehead atoms. The Labute approximate surface area is 140 Å². The molecule has 0 N–H and O–H groups in total. The second kappa shape index (κ2) is 6.17. The smallest absolute Gasteiger partial charge is 0.124 e. The summed E-state index contributed by atoms with van der Waals surface area (Å²) < 4.78 is 19.5. The number of rotatable bonds is 4. The summed E-state index contributed by atoms with van der Waals surface area (Å²) in [5.41, 5.74) is 3.49. The van der Waals surface area contributed by atoms with E-state index >= 15 is 0 Å². The predicted octanol–water partition coefficient (Wildman–Crippen LogP) is 3.99. The third-order valence-corrected chi connectivity index (χ3v) is 4.49. The van der Waals surface area contributed by atoms with Crippen LogP contribution in [-0.2, 0) is 13.0 Å². The molecule has 2 heterocycles. The van der Waals surface area contributed by atoms with Crippen molar-refractivity contribution in [3.05, 3.63) is 65.5 Å². The van der Waals surface area contributed by atoms with Crippen LogP contribution in [0.4, 0.5) is 0 Å². The average Bonchev–Trinajstić information content (AvgIpc) is 3.22. The highest BCUT2D eigenvalue weighted by Crippen LogP contribution is 2.21. The lowest BCUT2D eigenvalue weighted by Gasteiger charge is -2.16. The Balaban J connectivity index is 1.84. The zero-order valence-electron chi connectivity index (χ0n) is 15.5. The molecule has 23 heavy (non-hydrogen) atoms. The van der Waals surface area contributed by atoms with Gasteiger partial charge in [0.2, 0.25) is 0 Å². The molecule has 2 aromatic carbocycles. The molecule has 1 saturated heterocycles. The first-order valence-corrected chi connectivity index (χ1v) is 8.32. The Hall–Kier alpha value is -2.13. The Bertz CT molecular complexity index is 878. The van der Waals surface area contributed by atoms with Crippen molar-refractivity contribution in [1.82, 2.24) is 14.5 Å². The molecule has 1 aromatic heterocycles. The van der Waals surface area contributed by atoms with Crippen LogP contribution in [0.3, 0.4) is 0 Å². The quantitative estimate of drug-likeness (QED) is 0.727. The average molecular weight is 307 g/mol. The van der Waals surface area contributed by atoms with Gasteiger partial charge in [0, 0.05) is 6.50 Å². The molecule has 0 saturated carbocycles. The van der Waals surface area contributed by atoms with Gasteiger partial charge in [0.15, 0.2) is 0 Å². The number of nitrogens with zero attached hydrogens (tertiary/aromatic N) is 3. The van der Waals surface area contributed by atoms with E-state index in [4.69, 9.17) is 7.73 Å². The lowest BCUT2D eigenvalue weighted by atomic mass is 10.1. The van der Waals surface area contributed by atoms with Gasteiger partial charge in [-0.15, -0.1) is 0 Å². The number of aromatic nitrogens is 2. The number of benzene rings is 2. The highest BCUT2D eigenvalue weighted by molar-refractivity contribution is 5.76. The molecule has 3 nitrogen and oxygen atoms in total. The molecular weight excluding hydrogens is 282 g/mol. The predicted molar refractivity (Wildman–Crippen MR) is 94.5 cm³/mol. The van der Waals surface area contributed by atoms with Crippen molar-refractivity contribution in [2.75, 3.05) is 13.1 Å². The highest BCUT2D eigenvalue weighted by Gasteiger charge is 2.17. The molecule has 3 heteroatoms. The fraction of sp³-hybridized carbons (Fsp3) is 0.350. The van der Waals surface area contributed by atoms with Crippen LogP contribution in [0.5, 0.6) is 0 Å². The molecule has 1 aliphatic rings. The van der Waals surface area contributed by atoms with Gasteiger partial charge in [0.1, 0.15) is 5.82 Å². The van der Waals surface area contributed by atoms with E-state index in [0.717, 1.165) is 35.5 Å². The van der Waals surface area contributed by atoms with Gasteiger partial charge >= 0.3 is 0 Å². The Morgan fingerprint density at radius 2 is 1.78 bits per heavy atom. The minimum absolute atomic E-state index is 0.656. The van der Waals surface area contributed by atoms with Crippen LogP contribution in [0.2, 0.25) is 0 Å². The second-order valence-electron chi connectivity index (χ2n) is 6.31. The monoisotopic (exact) mass is 307 g/mol. The lowest BCUT2D eigenvalue weighted by molar-refractivity contribution is 0.318. The Kier molecular flexibility index (Phi) is 3.30. The number of hydrogen-bond acceptors (Lipinski definition) is 2. The van der Waals surface area contributed by atoms with Crippen molar-refractivity contribution in [3.8, 4) is 0 Å². The van der Waals surface area contributed by atoms with Crippen LogP contribution in [0.1, 0.15) is 32.5 Å². The van der Waals surface area contributed by atoms with E-state index in [0.29, 0.717) is 12.1 Å². The Morgan fingerprint density at radius 3 is 2.57 bits per heavy atom. The first kappa shape index (κ1) is 12.3. The fourth-order valence-corrected chi connectivity index (χ4v) is 3.20. The van der Waals surface area contributed by atoms with E-state index in [1.165, 1.54) is 12.8 Å². The largest absolute Gasteiger partial charge is 0.322 e. The first-order chi connectivity index (χ1) is 12.1. The summed E-state index contributed by atoms with van der Waals surface area (Å²) in [6.07, 6.45) is 2.43. The van der Waals surface area contributed by atoms with Gasteiger partial charge in [-0.3, -0.25) is 4.90 Å². The van der Waals surface area contributed by atoms with E-state index < -0.39 is 6.50 Å². The zero-order valence-corrected chi connectivity index (χ0v) is 13.5. The van der Waals surface area contributed by atoms with Gasteiger partial charge in [0.25, 0.3) is 0 Å². The van der Waals surface area contributed by atoms with Crippen molar-refractivity contribution < 1.29 is 2.74 Å². The number of aryl methyl sites for hydroxylation is 1. The minimum atomic E-state index is -1.64. The van der Waals surface area contributed by atoms with Crippen molar-refractivity contribution in [2.24, 2.45) is 0 Å². The fourth-order valence-electron chi connectivity index (χ4n) is 3.20. The summed E-state index contributed by atoms with van der Waals surface area (Å²) in [5, 5.41) is 0. The van der Waals surface area contributed by atoms with E-state index in [1.54, 1.807) is 4.57 Å². The topological polar surface area (TPSA) is 21.1 Å². The normalized spacial score (nSPS) is 17.4. The molecule has 0 aliphatic carbocycles. The van der Waals surface area contributed by atoms with Gasteiger partial charge in [-0.1, -0.05) is 42.0 Å². The standard InChI is InChI=1S/C20H23N3/c1-16-8-10-17(11-9-16)14-23-19-7-3-2-6-18(19)21-20(23)15-22-12-4-5-13-22/h2-3,6-11H,4-5,12-15H2,1H3/i14D2. The number of fused-ring (bicyclic) bond motifs is 1. The third-order valence-electron chi connectivity index (χ3n) is 4.49. The minimum Gasteiger partial charge on any atom is -0.322 e. The molecule has 0 atom stereocenters. The van der Waals surface area contributed by atoms with Crippen molar-refractivity contribution >= 4 is 11.0 Å². The molecule has 1 aliphatic heterocycles. The number of likely N-dealkylation sites (tertiary alicyclic amines) is 1. The van der Waals surface area contributed by atoms with E-state index in [2.05, 4.69) is 4.90 Å². The second-order valence-corrected chi connectivity index (χ2v) is 6.31. The summed E-state index contributed by atoms with van der Waals surface area (Å²) >= 11 is 0. The molecule has 1 fully saturated rings. The first-order valence-electron chi connectivity index (χ1n) is 9.32. The molecule has 0 amide bonds. The molecule has 4 rings (SSSR count). The Morgan fingerprint density at radius 1 is 1.04 bits per heavy atom. The van der Waals surface area contributed by atoms with Gasteiger partial charge in [0.05, 0.1) is 20.3 Å². The van der Waals surface area contributed by atoms with Gasteiger partial charge in [-0.25, -0.2) is 4.98 Å². The number of imidazole rings is 1. The SMILES string of the molecule is [2H]C([2H])(c1ccc(C)cc1)n1c(CN2CCCC2)nc2ccccc21. The van der Waals surface area contributed by atoms with Crippen molar-refractivity contribution in [1.29, 1.82) is 0 Å². The molecule has 0 unspecified atom stereocenters. The molecule has 0 radical (unpaired) electrons. The maximum atomic E-state index is 8.86. The maximum Gasteiger partial charge on any atom is 0.124 e. The summed E-state index contributed by atoms with van der Waals surface area (Å²) in [7, 11) is 0. The van der Waals surface area contributed by atoms with Gasteiger partial charge < -0.3 is 4.57 Å². The van der Waals surface area contributed by atoms with Crippen molar-refractivity contribution in [2.45, 2.75) is 32.8 Å². The van der Waals surface area contributed by atoms with Crippen LogP contribution in [-0.4, -0.2) is 27.5 Å². The van der Waals surface area contributed by atoms with Crippen LogP contribution < -0.4 is 0 Å². The van der Waals surface area contributed by atoms with Crippen LogP contribution in [0, 0.1) is 6.92 Å². The zero-order chi connectivity index (χ0) is 17.4. The van der Waals surface area contributed by atoms with Gasteiger partial charge in [-0.05, 0) is 50.6 Å². The summed E-state index contributed by atoms with van der Waals surface area (Å²) in [5.74, 6) is 0.800. The molecular formula is C20H23N3. The number of para-hydroxylation sites is 2. The maximum absolute atomic E-state index is 8.86. The van der Waals surface area contributed by atoms with Crippen LogP contribution in [0.25, 0.3) is 11.0 Å². The van der Waals surface area contributed by atoms with Crippen LogP contribution in [0.15, 0.2) is 48.5 Å². The molecule has 0 spiro atoms. The van der Waals surface area contributed by atoms with E-state index in [9.17, 15) is 0 Å². The van der Waals surface area contributed by atoms with E-state index in [1.807, 2.05) is 55.5 Å². The molecule has 118 valence electrons. The molecule has 3 aromatic rings. The van der Waals surface area contributed by atoms with E-state index in [-0.39, 0.29) is 0 Å². The van der Waals surface area contributed by atoms with Crippen LogP contribution >= 0.6 is 0 Å². The van der Waals surface area contributed by atoms with Gasteiger partial charge in [-0.2, -0.15) is 0 Å². The highest BCUT2D eigenvalue weighted by atomic mass is 15.2. The summed E-state index contributed by atoms with van der Waals surface area (Å²) in [6.45, 7) is 3.21.